The number of carbonyl (C=O) groups is 1. The molecule has 0 spiro atoms. The Labute approximate surface area is 172 Å². The summed E-state index contributed by atoms with van der Waals surface area (Å²) in [6.45, 7) is 3.41. The molecule has 152 valence electrons. The Bertz CT molecular complexity index is 1010. The molecule has 0 saturated carbocycles. The van der Waals surface area contributed by atoms with Crippen molar-refractivity contribution in [2.24, 2.45) is 0 Å². The van der Waals surface area contributed by atoms with Gasteiger partial charge in [-0.05, 0) is 31.9 Å². The van der Waals surface area contributed by atoms with E-state index in [9.17, 15) is 14.3 Å². The molecule has 8 heteroatoms. The number of piperidine rings is 1. The van der Waals surface area contributed by atoms with Crippen molar-refractivity contribution < 1.29 is 14.3 Å². The first-order valence-corrected chi connectivity index (χ1v) is 10.5. The number of aliphatic hydroxyl groups is 1. The van der Waals surface area contributed by atoms with Gasteiger partial charge in [0.15, 0.2) is 0 Å². The highest BCUT2D eigenvalue weighted by molar-refractivity contribution is 7.13. The second-order valence-corrected chi connectivity index (χ2v) is 8.37. The summed E-state index contributed by atoms with van der Waals surface area (Å²) in [5.41, 5.74) is 0.267. The lowest BCUT2D eigenvalue weighted by Gasteiger charge is -2.38. The molecule has 1 fully saturated rings. The molecule has 6 nitrogen and oxygen atoms in total. The maximum atomic E-state index is 13.9. The first kappa shape index (κ1) is 19.7. The van der Waals surface area contributed by atoms with Gasteiger partial charge in [0.2, 0.25) is 5.91 Å². The molecule has 1 aromatic carbocycles. The van der Waals surface area contributed by atoms with Gasteiger partial charge in [-0.3, -0.25) is 4.79 Å². The van der Waals surface area contributed by atoms with Crippen LogP contribution in [0.3, 0.4) is 0 Å². The predicted octanol–water partition coefficient (Wildman–Crippen LogP) is 3.05. The average molecular weight is 415 g/mol. The number of hydrogen-bond donors (Lipinski definition) is 1. The fraction of sp³-hybridized carbons (Fsp3) is 0.381. The maximum Gasteiger partial charge on any atom is 0.228 e. The van der Waals surface area contributed by atoms with Crippen molar-refractivity contribution in [2.75, 3.05) is 13.1 Å². The third kappa shape index (κ3) is 4.38. The Kier molecular flexibility index (Phi) is 5.47. The van der Waals surface area contributed by atoms with E-state index in [0.29, 0.717) is 48.7 Å². The van der Waals surface area contributed by atoms with Gasteiger partial charge in [-0.15, -0.1) is 11.3 Å². The first-order chi connectivity index (χ1) is 13.9. The molecule has 1 aliphatic rings. The minimum Gasteiger partial charge on any atom is -0.388 e. The molecule has 1 N–H and O–H groups in total. The minimum atomic E-state index is -0.832. The fourth-order valence-corrected chi connectivity index (χ4v) is 4.48. The van der Waals surface area contributed by atoms with Gasteiger partial charge >= 0.3 is 0 Å². The predicted molar refractivity (Wildman–Crippen MR) is 109 cm³/mol. The SMILES string of the molecule is Cc1nccn1CC1(O)CCN(C(=O)Cc2csc(-c3ccccc3F)n2)CC1. The van der Waals surface area contributed by atoms with Crippen LogP contribution in [0.2, 0.25) is 0 Å². The summed E-state index contributed by atoms with van der Waals surface area (Å²) < 4.78 is 15.9. The van der Waals surface area contributed by atoms with Gasteiger partial charge in [0.1, 0.15) is 16.6 Å². The Balaban J connectivity index is 1.35. The van der Waals surface area contributed by atoms with Crippen molar-refractivity contribution in [3.05, 3.63) is 59.4 Å². The fourth-order valence-electron chi connectivity index (χ4n) is 3.63. The Hall–Kier alpha value is -2.58. The number of thiazole rings is 1. The molecule has 1 saturated heterocycles. The number of hydrogen-bond acceptors (Lipinski definition) is 5. The summed E-state index contributed by atoms with van der Waals surface area (Å²) in [5, 5.41) is 13.3. The van der Waals surface area contributed by atoms with Crippen molar-refractivity contribution in [3.63, 3.8) is 0 Å². The summed E-state index contributed by atoms with van der Waals surface area (Å²) >= 11 is 1.34. The number of likely N-dealkylation sites (tertiary alicyclic amines) is 1. The highest BCUT2D eigenvalue weighted by atomic mass is 32.1. The molecule has 1 aliphatic heterocycles. The molecule has 3 aromatic rings. The van der Waals surface area contributed by atoms with Gasteiger partial charge in [-0.1, -0.05) is 12.1 Å². The number of aryl methyl sites for hydroxylation is 1. The number of rotatable bonds is 5. The summed E-state index contributed by atoms with van der Waals surface area (Å²) in [6.07, 6.45) is 4.81. The van der Waals surface area contributed by atoms with Crippen LogP contribution in [-0.4, -0.2) is 49.1 Å². The molecule has 1 amide bonds. The molecule has 2 aromatic heterocycles. The van der Waals surface area contributed by atoms with Crippen LogP contribution in [-0.2, 0) is 17.8 Å². The Morgan fingerprint density at radius 1 is 1.31 bits per heavy atom. The molecule has 0 aliphatic carbocycles. The van der Waals surface area contributed by atoms with Crippen LogP contribution in [0.15, 0.2) is 42.0 Å². The second kappa shape index (κ2) is 8.04. The van der Waals surface area contributed by atoms with Crippen LogP contribution in [0, 0.1) is 12.7 Å². The Morgan fingerprint density at radius 2 is 2.07 bits per heavy atom. The highest BCUT2D eigenvalue weighted by Crippen LogP contribution is 2.28. The van der Waals surface area contributed by atoms with Gasteiger partial charge in [0, 0.05) is 36.4 Å². The van der Waals surface area contributed by atoms with Gasteiger partial charge in [-0.2, -0.15) is 0 Å². The molecule has 0 bridgehead atoms. The number of amides is 1. The third-order valence-electron chi connectivity index (χ3n) is 5.42. The zero-order valence-electron chi connectivity index (χ0n) is 16.2. The van der Waals surface area contributed by atoms with E-state index in [2.05, 4.69) is 9.97 Å². The van der Waals surface area contributed by atoms with Crippen molar-refractivity contribution in [1.29, 1.82) is 0 Å². The molecule has 0 unspecified atom stereocenters. The lowest BCUT2D eigenvalue weighted by molar-refractivity contribution is -0.135. The van der Waals surface area contributed by atoms with Gasteiger partial charge in [0.25, 0.3) is 0 Å². The van der Waals surface area contributed by atoms with E-state index in [1.54, 1.807) is 29.3 Å². The summed E-state index contributed by atoms with van der Waals surface area (Å²) in [7, 11) is 0. The summed E-state index contributed by atoms with van der Waals surface area (Å²) in [5.74, 6) is 0.533. The molecule has 4 rings (SSSR count). The van der Waals surface area contributed by atoms with Gasteiger partial charge < -0.3 is 14.6 Å². The Morgan fingerprint density at radius 3 is 2.76 bits per heavy atom. The zero-order chi connectivity index (χ0) is 20.4. The summed E-state index contributed by atoms with van der Waals surface area (Å²) in [6, 6.07) is 6.50. The normalized spacial score (nSPS) is 16.2. The van der Waals surface area contributed by atoms with Crippen molar-refractivity contribution in [2.45, 2.75) is 38.3 Å². The smallest absolute Gasteiger partial charge is 0.228 e. The van der Waals surface area contributed by atoms with E-state index in [1.165, 1.54) is 17.4 Å². The van der Waals surface area contributed by atoms with Crippen molar-refractivity contribution >= 4 is 17.2 Å². The monoisotopic (exact) mass is 414 g/mol. The average Bonchev–Trinajstić information content (AvgIpc) is 3.32. The van der Waals surface area contributed by atoms with Crippen LogP contribution in [0.25, 0.3) is 10.6 Å². The van der Waals surface area contributed by atoms with Crippen molar-refractivity contribution in [3.8, 4) is 10.6 Å². The third-order valence-corrected chi connectivity index (χ3v) is 6.35. The standard InChI is InChI=1S/C21H23FN4O2S/c1-15-23-8-11-26(15)14-21(28)6-9-25(10-7-21)19(27)12-16-13-29-20(24-16)17-4-2-3-5-18(17)22/h2-5,8,11,13,28H,6-7,9-10,12,14H2,1H3. The number of imidazole rings is 1. The van der Waals surface area contributed by atoms with E-state index in [4.69, 9.17) is 0 Å². The van der Waals surface area contributed by atoms with Gasteiger partial charge in [0.05, 0.1) is 24.3 Å². The van der Waals surface area contributed by atoms with Crippen LogP contribution < -0.4 is 0 Å². The maximum absolute atomic E-state index is 13.9. The topological polar surface area (TPSA) is 71.2 Å². The molecule has 3 heterocycles. The quantitative estimate of drug-likeness (QED) is 0.697. The van der Waals surface area contributed by atoms with Crippen LogP contribution in [0.5, 0.6) is 0 Å². The minimum absolute atomic E-state index is 0.0174. The van der Waals surface area contributed by atoms with Crippen LogP contribution in [0.4, 0.5) is 4.39 Å². The van der Waals surface area contributed by atoms with Gasteiger partial charge in [-0.25, -0.2) is 14.4 Å². The number of carbonyl (C=O) groups excluding carboxylic acids is 1. The highest BCUT2D eigenvalue weighted by Gasteiger charge is 2.34. The molecule has 0 atom stereocenters. The zero-order valence-corrected chi connectivity index (χ0v) is 17.0. The molecule has 0 radical (unpaired) electrons. The van der Waals surface area contributed by atoms with E-state index in [1.807, 2.05) is 23.1 Å². The number of nitrogens with zero attached hydrogens (tertiary/aromatic N) is 4. The van der Waals surface area contributed by atoms with E-state index in [0.717, 1.165) is 5.82 Å². The second-order valence-electron chi connectivity index (χ2n) is 7.51. The van der Waals surface area contributed by atoms with E-state index in [-0.39, 0.29) is 18.1 Å². The van der Waals surface area contributed by atoms with E-state index >= 15 is 0 Å². The molecule has 29 heavy (non-hydrogen) atoms. The van der Waals surface area contributed by atoms with E-state index < -0.39 is 5.60 Å². The van der Waals surface area contributed by atoms with Crippen LogP contribution >= 0.6 is 11.3 Å². The molecular weight excluding hydrogens is 391 g/mol. The van der Waals surface area contributed by atoms with Crippen molar-refractivity contribution in [1.82, 2.24) is 19.4 Å². The number of halogens is 1. The lowest BCUT2D eigenvalue weighted by atomic mass is 9.91. The van der Waals surface area contributed by atoms with Crippen LogP contribution in [0.1, 0.15) is 24.4 Å². The molecular formula is C21H23FN4O2S. The lowest BCUT2D eigenvalue weighted by Crippen LogP contribution is -2.49. The largest absolute Gasteiger partial charge is 0.388 e. The number of aromatic nitrogens is 3. The number of benzene rings is 1. The first-order valence-electron chi connectivity index (χ1n) is 9.61. The summed E-state index contributed by atoms with van der Waals surface area (Å²) in [4.78, 5) is 23.1.